The number of hydrogen-bond acceptors (Lipinski definition) is 3. The van der Waals surface area contributed by atoms with E-state index in [0.717, 1.165) is 5.69 Å². The molecule has 0 bridgehead atoms. The molecule has 1 saturated heterocycles. The van der Waals surface area contributed by atoms with E-state index >= 15 is 0 Å². The van der Waals surface area contributed by atoms with Gasteiger partial charge in [0.2, 0.25) is 0 Å². The number of hydrogen-bond donors (Lipinski definition) is 0. The molecule has 1 amide bonds. The number of halogens is 2. The minimum absolute atomic E-state index is 0.00812. The van der Waals surface area contributed by atoms with Crippen LogP contribution in [0, 0.1) is 5.82 Å². The zero-order valence-electron chi connectivity index (χ0n) is 14.7. The summed E-state index contributed by atoms with van der Waals surface area (Å²) >= 11 is 5.98. The van der Waals surface area contributed by atoms with Gasteiger partial charge < -0.3 is 14.5 Å². The first kappa shape index (κ1) is 18.5. The van der Waals surface area contributed by atoms with Gasteiger partial charge in [-0.2, -0.15) is 0 Å². The summed E-state index contributed by atoms with van der Waals surface area (Å²) in [6.07, 6.45) is 0.0645. The first-order valence-corrected chi connectivity index (χ1v) is 9.16. The van der Waals surface area contributed by atoms with Crippen molar-refractivity contribution in [3.63, 3.8) is 0 Å². The molecule has 1 aliphatic rings. The van der Waals surface area contributed by atoms with Crippen LogP contribution in [0.3, 0.4) is 0 Å². The van der Waals surface area contributed by atoms with Crippen LogP contribution in [-0.4, -0.2) is 43.1 Å². The molecular formula is C20H22ClFN2O2. The molecule has 0 aliphatic carbocycles. The Hall–Kier alpha value is -2.27. The molecule has 1 fully saturated rings. The maximum absolute atomic E-state index is 13.1. The Kier molecular flexibility index (Phi) is 5.99. The summed E-state index contributed by atoms with van der Waals surface area (Å²) in [4.78, 5) is 16.8. The van der Waals surface area contributed by atoms with Gasteiger partial charge in [-0.15, -0.1) is 0 Å². The van der Waals surface area contributed by atoms with Crippen LogP contribution in [0.2, 0.25) is 5.02 Å². The molecule has 0 unspecified atom stereocenters. The smallest absolute Gasteiger partial charge is 0.263 e. The molecule has 26 heavy (non-hydrogen) atoms. The molecule has 0 aromatic heterocycles. The minimum Gasteiger partial charge on any atom is -0.481 e. The molecule has 2 aromatic carbocycles. The second-order valence-corrected chi connectivity index (χ2v) is 6.70. The first-order chi connectivity index (χ1) is 12.6. The van der Waals surface area contributed by atoms with E-state index in [4.69, 9.17) is 16.3 Å². The molecule has 1 heterocycles. The molecule has 3 rings (SSSR count). The summed E-state index contributed by atoms with van der Waals surface area (Å²) in [7, 11) is 0. The van der Waals surface area contributed by atoms with E-state index < -0.39 is 6.10 Å². The second kappa shape index (κ2) is 8.41. The predicted octanol–water partition coefficient (Wildman–Crippen LogP) is 3.99. The van der Waals surface area contributed by atoms with Gasteiger partial charge in [-0.05, 0) is 48.9 Å². The van der Waals surface area contributed by atoms with Crippen LogP contribution >= 0.6 is 11.6 Å². The molecule has 0 spiro atoms. The average Bonchev–Trinajstić information content (AvgIpc) is 2.66. The number of carbonyl (C=O) groups is 1. The number of ether oxygens (including phenoxy) is 1. The van der Waals surface area contributed by atoms with Crippen LogP contribution in [0.5, 0.6) is 5.75 Å². The Bertz CT molecular complexity index is 746. The number of rotatable bonds is 5. The van der Waals surface area contributed by atoms with Crippen molar-refractivity contribution in [2.75, 3.05) is 31.1 Å². The third-order valence-electron chi connectivity index (χ3n) is 4.50. The maximum atomic E-state index is 13.1. The molecule has 0 N–H and O–H groups in total. The molecule has 1 atom stereocenters. The van der Waals surface area contributed by atoms with Crippen molar-refractivity contribution in [3.8, 4) is 5.75 Å². The zero-order chi connectivity index (χ0) is 18.5. The number of amides is 1. The highest BCUT2D eigenvalue weighted by atomic mass is 35.5. The van der Waals surface area contributed by atoms with E-state index in [1.54, 1.807) is 36.4 Å². The van der Waals surface area contributed by atoms with E-state index in [9.17, 15) is 9.18 Å². The maximum Gasteiger partial charge on any atom is 0.263 e. The van der Waals surface area contributed by atoms with E-state index in [1.807, 2.05) is 11.8 Å². The van der Waals surface area contributed by atoms with Gasteiger partial charge in [0.25, 0.3) is 5.91 Å². The minimum atomic E-state index is -0.522. The molecule has 6 heteroatoms. The average molecular weight is 377 g/mol. The second-order valence-electron chi connectivity index (χ2n) is 6.26. The van der Waals surface area contributed by atoms with Crippen molar-refractivity contribution in [2.24, 2.45) is 0 Å². The highest BCUT2D eigenvalue weighted by molar-refractivity contribution is 6.30. The Morgan fingerprint density at radius 2 is 1.85 bits per heavy atom. The van der Waals surface area contributed by atoms with Gasteiger partial charge in [0.1, 0.15) is 11.6 Å². The monoisotopic (exact) mass is 376 g/mol. The summed E-state index contributed by atoms with van der Waals surface area (Å²) in [6, 6.07) is 13.5. The summed E-state index contributed by atoms with van der Waals surface area (Å²) in [5.41, 5.74) is 0.973. The van der Waals surface area contributed by atoms with Crippen LogP contribution in [0.4, 0.5) is 10.1 Å². The molecule has 2 aromatic rings. The lowest BCUT2D eigenvalue weighted by atomic mass is 10.2. The van der Waals surface area contributed by atoms with Crippen molar-refractivity contribution in [2.45, 2.75) is 19.4 Å². The van der Waals surface area contributed by atoms with Gasteiger partial charge in [-0.25, -0.2) is 4.39 Å². The topological polar surface area (TPSA) is 32.8 Å². The number of nitrogens with zero attached hydrogens (tertiary/aromatic N) is 2. The first-order valence-electron chi connectivity index (χ1n) is 8.78. The van der Waals surface area contributed by atoms with Gasteiger partial charge in [-0.1, -0.05) is 24.6 Å². The third-order valence-corrected chi connectivity index (χ3v) is 4.74. The van der Waals surface area contributed by atoms with Gasteiger partial charge >= 0.3 is 0 Å². The zero-order valence-corrected chi connectivity index (χ0v) is 15.5. The normalized spacial score (nSPS) is 15.7. The lowest BCUT2D eigenvalue weighted by Crippen LogP contribution is -2.52. The van der Waals surface area contributed by atoms with Crippen LogP contribution in [0.25, 0.3) is 0 Å². The van der Waals surface area contributed by atoms with E-state index in [-0.39, 0.29) is 11.7 Å². The molecular weight excluding hydrogens is 355 g/mol. The lowest BCUT2D eigenvalue weighted by molar-refractivity contribution is -0.139. The van der Waals surface area contributed by atoms with Crippen molar-refractivity contribution in [1.29, 1.82) is 0 Å². The molecule has 1 aliphatic heterocycles. The highest BCUT2D eigenvalue weighted by Crippen LogP contribution is 2.21. The fraction of sp³-hybridized carbons (Fsp3) is 0.350. The van der Waals surface area contributed by atoms with Crippen molar-refractivity contribution >= 4 is 23.2 Å². The number of piperazine rings is 1. The van der Waals surface area contributed by atoms with Crippen molar-refractivity contribution in [3.05, 3.63) is 59.4 Å². The van der Waals surface area contributed by atoms with Crippen LogP contribution in [0.1, 0.15) is 13.3 Å². The highest BCUT2D eigenvalue weighted by Gasteiger charge is 2.28. The number of benzene rings is 2. The quantitative estimate of drug-likeness (QED) is 0.791. The van der Waals surface area contributed by atoms with Gasteiger partial charge in [-0.3, -0.25) is 4.79 Å². The Balaban J connectivity index is 1.58. The third kappa shape index (κ3) is 4.47. The number of carbonyl (C=O) groups excluding carboxylic acids is 1. The number of anilines is 1. The molecule has 138 valence electrons. The fourth-order valence-electron chi connectivity index (χ4n) is 3.05. The fourth-order valence-corrected chi connectivity index (χ4v) is 3.23. The Labute approximate surface area is 158 Å². The molecule has 0 radical (unpaired) electrons. The summed E-state index contributed by atoms with van der Waals surface area (Å²) in [5.74, 6) is 0.348. The van der Waals surface area contributed by atoms with Crippen LogP contribution < -0.4 is 9.64 Å². The van der Waals surface area contributed by atoms with Crippen LogP contribution in [-0.2, 0) is 4.79 Å². The molecule has 4 nitrogen and oxygen atoms in total. The van der Waals surface area contributed by atoms with E-state index in [0.29, 0.717) is 43.4 Å². The van der Waals surface area contributed by atoms with E-state index in [1.165, 1.54) is 12.1 Å². The van der Waals surface area contributed by atoms with Gasteiger partial charge in [0.15, 0.2) is 6.10 Å². The summed E-state index contributed by atoms with van der Waals surface area (Å²) in [5, 5.41) is 0.581. The predicted molar refractivity (Wildman–Crippen MR) is 101 cm³/mol. The van der Waals surface area contributed by atoms with Crippen molar-refractivity contribution < 1.29 is 13.9 Å². The molecule has 0 saturated carbocycles. The van der Waals surface area contributed by atoms with Crippen molar-refractivity contribution in [1.82, 2.24) is 4.90 Å². The SMILES string of the molecule is CC[C@H](Oc1cccc(Cl)c1)C(=O)N1CCN(c2ccc(F)cc2)CC1. The lowest BCUT2D eigenvalue weighted by Gasteiger charge is -2.37. The van der Waals surface area contributed by atoms with Gasteiger partial charge in [0.05, 0.1) is 0 Å². The summed E-state index contributed by atoms with van der Waals surface area (Å²) in [6.45, 7) is 4.59. The standard InChI is InChI=1S/C20H22ClFN2O2/c1-2-19(26-18-5-3-4-15(21)14-18)20(25)24-12-10-23(11-13-24)17-8-6-16(22)7-9-17/h3-9,14,19H,2,10-13H2,1H3/t19-/m0/s1. The summed E-state index contributed by atoms with van der Waals surface area (Å²) < 4.78 is 18.9. The Morgan fingerprint density at radius 1 is 1.15 bits per heavy atom. The Morgan fingerprint density at radius 3 is 2.46 bits per heavy atom. The van der Waals surface area contributed by atoms with E-state index in [2.05, 4.69) is 4.90 Å². The largest absolute Gasteiger partial charge is 0.481 e. The van der Waals surface area contributed by atoms with Crippen LogP contribution in [0.15, 0.2) is 48.5 Å². The van der Waals surface area contributed by atoms with Gasteiger partial charge in [0, 0.05) is 36.9 Å².